The maximum atomic E-state index is 14.0. The Balaban J connectivity index is 0.998. The Kier molecular flexibility index (Phi) is 18.5. The van der Waals surface area contributed by atoms with E-state index in [1.54, 1.807) is 86.6 Å². The van der Waals surface area contributed by atoms with Crippen LogP contribution in [0.3, 0.4) is 0 Å². The fourth-order valence-electron chi connectivity index (χ4n) is 10.7. The minimum absolute atomic E-state index is 0.0473. The molecule has 2 amide bonds. The number of para-hydroxylation sites is 4. The quantitative estimate of drug-likeness (QED) is 0.0390. The van der Waals surface area contributed by atoms with Crippen LogP contribution in [-0.2, 0) is 19.2 Å². The smallest absolute Gasteiger partial charge is 0.352 e. The summed E-state index contributed by atoms with van der Waals surface area (Å²) in [5.74, 6) is -4.16. The number of hydrogen-bond acceptors (Lipinski definition) is 6. The Morgan fingerprint density at radius 3 is 1.80 bits per heavy atom. The van der Waals surface area contributed by atoms with E-state index in [2.05, 4.69) is 59.5 Å². The van der Waals surface area contributed by atoms with Crippen LogP contribution in [0.15, 0.2) is 164 Å². The van der Waals surface area contributed by atoms with Gasteiger partial charge in [-0.25, -0.2) is 13.6 Å². The molecule has 3 atom stereocenters. The molecule has 2 aromatic heterocycles. The molecule has 0 saturated heterocycles. The fourth-order valence-corrected chi connectivity index (χ4v) is 10.7. The number of carbonyl (C=O) groups excluding carboxylic acids is 2. The molecular formula is C65H68F2N4O8. The number of halogens is 2. The number of carboxylic acids is 2. The lowest BCUT2D eigenvalue weighted by atomic mass is 9.89. The van der Waals surface area contributed by atoms with Crippen LogP contribution in [0, 0.1) is 11.6 Å². The number of rotatable bonds is 26. The van der Waals surface area contributed by atoms with Crippen LogP contribution < -0.4 is 20.1 Å². The number of fused-ring (bicyclic) bond motifs is 2. The lowest BCUT2D eigenvalue weighted by Gasteiger charge is -2.37. The minimum Gasteiger partial charge on any atom is -0.483 e. The Morgan fingerprint density at radius 2 is 1.20 bits per heavy atom. The summed E-state index contributed by atoms with van der Waals surface area (Å²) in [4.78, 5) is 53.6. The van der Waals surface area contributed by atoms with E-state index < -0.39 is 42.0 Å². The third kappa shape index (κ3) is 13.3. The van der Waals surface area contributed by atoms with Gasteiger partial charge in [-0.1, -0.05) is 101 Å². The first-order valence-corrected chi connectivity index (χ1v) is 27.1. The molecule has 0 bridgehead atoms. The minimum atomic E-state index is -2.19. The topological polar surface area (TPSA) is 161 Å². The lowest BCUT2D eigenvalue weighted by molar-refractivity contribution is -0.166. The second-order valence-electron chi connectivity index (χ2n) is 20.1. The molecular weight excluding hydrogens is 1000 g/mol. The van der Waals surface area contributed by atoms with Gasteiger partial charge < -0.3 is 39.5 Å². The molecule has 0 aliphatic rings. The summed E-state index contributed by atoms with van der Waals surface area (Å²) in [5.41, 5.74) is 4.27. The van der Waals surface area contributed by atoms with Crippen LogP contribution >= 0.6 is 0 Å². The summed E-state index contributed by atoms with van der Waals surface area (Å²) in [7, 11) is 0. The van der Waals surface area contributed by atoms with Crippen molar-refractivity contribution in [1.82, 2.24) is 9.13 Å². The van der Waals surface area contributed by atoms with Crippen LogP contribution in [0.4, 0.5) is 20.2 Å². The second-order valence-corrected chi connectivity index (χ2v) is 20.1. The van der Waals surface area contributed by atoms with Crippen LogP contribution in [-0.4, -0.2) is 54.8 Å². The van der Waals surface area contributed by atoms with E-state index in [0.29, 0.717) is 18.0 Å². The zero-order valence-corrected chi connectivity index (χ0v) is 45.3. The van der Waals surface area contributed by atoms with E-state index in [0.717, 1.165) is 64.2 Å². The standard InChI is InChI=1S/C65H68F2N4O8/c1-6-14-52(15-7-2)70-36-34-49-40-47(25-31-55(49)70)43(8-3)41-61(73)69-54-17-11-13-19-58(54)79-65(9-4,64(76)77)59(32-33-62(74)75)78-57-18-12-10-16-53(57)68-60(72)38-42(5)46-24-30-56-48(39-46)35-37-71(56)63(44-20-26-50(66)27-21-44)45-22-28-51(67)29-23-45/h10-13,16-31,34-40,43,52,59,63H,6-9,14-15,32-33,41H2,1-5H3,(H,68,72)(H,69,73)(H,74,75)(H,76,77). The van der Waals surface area contributed by atoms with Crippen molar-refractivity contribution < 1.29 is 47.6 Å². The predicted octanol–water partition coefficient (Wildman–Crippen LogP) is 15.1. The van der Waals surface area contributed by atoms with Crippen molar-refractivity contribution in [2.45, 2.75) is 122 Å². The molecule has 0 spiro atoms. The molecule has 0 saturated carbocycles. The first-order valence-electron chi connectivity index (χ1n) is 27.1. The van der Waals surface area contributed by atoms with Gasteiger partial charge in [0.2, 0.25) is 17.4 Å². The van der Waals surface area contributed by atoms with Crippen molar-refractivity contribution in [1.29, 1.82) is 0 Å². The number of anilines is 2. The number of benzene rings is 6. The monoisotopic (exact) mass is 1070 g/mol. The Bertz CT molecular complexity index is 3410. The normalized spacial score (nSPS) is 13.3. The number of ether oxygens (including phenoxy) is 2. The van der Waals surface area contributed by atoms with Gasteiger partial charge in [0.1, 0.15) is 29.2 Å². The maximum absolute atomic E-state index is 14.0. The van der Waals surface area contributed by atoms with Crippen LogP contribution in [0.2, 0.25) is 0 Å². The molecule has 8 rings (SSSR count). The van der Waals surface area contributed by atoms with Gasteiger partial charge in [-0.05, 0) is 163 Å². The molecule has 0 radical (unpaired) electrons. The third-order valence-electron chi connectivity index (χ3n) is 14.8. The summed E-state index contributed by atoms with van der Waals surface area (Å²) in [6.07, 6.45) is 8.36. The predicted molar refractivity (Wildman–Crippen MR) is 307 cm³/mol. The molecule has 4 N–H and O–H groups in total. The first kappa shape index (κ1) is 56.7. The molecule has 79 heavy (non-hydrogen) atoms. The molecule has 14 heteroatoms. The zero-order chi connectivity index (χ0) is 56.2. The Morgan fingerprint density at radius 1 is 0.646 bits per heavy atom. The van der Waals surface area contributed by atoms with Crippen molar-refractivity contribution in [3.05, 3.63) is 198 Å². The van der Waals surface area contributed by atoms with E-state index >= 15 is 0 Å². The molecule has 0 aliphatic heterocycles. The summed E-state index contributed by atoms with van der Waals surface area (Å²) < 4.78 is 45.4. The highest BCUT2D eigenvalue weighted by molar-refractivity contribution is 6.05. The highest BCUT2D eigenvalue weighted by Crippen LogP contribution is 2.39. The third-order valence-corrected chi connectivity index (χ3v) is 14.8. The van der Waals surface area contributed by atoms with E-state index in [1.165, 1.54) is 35.9 Å². The largest absolute Gasteiger partial charge is 0.483 e. The summed E-state index contributed by atoms with van der Waals surface area (Å²) in [6.45, 7) is 9.85. The van der Waals surface area contributed by atoms with Gasteiger partial charge in [-0.15, -0.1) is 0 Å². The molecule has 0 aliphatic carbocycles. The van der Waals surface area contributed by atoms with Gasteiger partial charge in [0.05, 0.1) is 17.4 Å². The lowest BCUT2D eigenvalue weighted by Crippen LogP contribution is -2.56. The van der Waals surface area contributed by atoms with Gasteiger partial charge in [-0.3, -0.25) is 14.4 Å². The van der Waals surface area contributed by atoms with Gasteiger partial charge in [0.25, 0.3) is 0 Å². The number of hydrogen-bond donors (Lipinski definition) is 4. The fraction of sp³-hybridized carbons (Fsp3) is 0.292. The van der Waals surface area contributed by atoms with Crippen LogP contribution in [0.5, 0.6) is 11.5 Å². The highest BCUT2D eigenvalue weighted by Gasteiger charge is 2.50. The molecule has 410 valence electrons. The number of carboxylic acid groups (broad SMARTS) is 2. The molecule has 6 aromatic carbocycles. The number of nitrogens with zero attached hydrogens (tertiary/aromatic N) is 2. The van der Waals surface area contributed by atoms with Crippen molar-refractivity contribution in [3.63, 3.8) is 0 Å². The van der Waals surface area contributed by atoms with Gasteiger partial charge in [-0.2, -0.15) is 0 Å². The summed E-state index contributed by atoms with van der Waals surface area (Å²) >= 11 is 0. The van der Waals surface area contributed by atoms with Crippen molar-refractivity contribution in [3.8, 4) is 11.5 Å². The summed E-state index contributed by atoms with van der Waals surface area (Å²) in [6, 6.07) is 41.6. The number of aliphatic carboxylic acids is 2. The van der Waals surface area contributed by atoms with Gasteiger partial charge in [0, 0.05) is 53.8 Å². The van der Waals surface area contributed by atoms with Crippen molar-refractivity contribution >= 4 is 62.5 Å². The maximum Gasteiger partial charge on any atom is 0.352 e. The average Bonchev–Trinajstić information content (AvgIpc) is 4.11. The Labute approximate surface area is 459 Å². The number of carbonyl (C=O) groups is 4. The number of allylic oxidation sites excluding steroid dienone is 1. The number of aromatic nitrogens is 2. The van der Waals surface area contributed by atoms with Gasteiger partial charge in [0.15, 0.2) is 0 Å². The van der Waals surface area contributed by atoms with Crippen molar-refractivity contribution in [2.24, 2.45) is 0 Å². The second kappa shape index (κ2) is 25.8. The SMILES string of the molecule is CCCC(CCC)n1ccc2cc(C(CC)CC(=O)Nc3ccccc3OC(CC)(C(=O)O)C(CCC(=O)O)Oc3ccccc3NC(=O)C=C(C)c3ccc4c(ccn4C(c4ccc(F)cc4)c4ccc(F)cc4)c3)ccc21. The van der Waals surface area contributed by atoms with Crippen LogP contribution in [0.1, 0.15) is 133 Å². The van der Waals surface area contributed by atoms with Gasteiger partial charge >= 0.3 is 11.9 Å². The van der Waals surface area contributed by atoms with E-state index in [9.17, 15) is 38.2 Å². The molecule has 0 fully saturated rings. The van der Waals surface area contributed by atoms with E-state index in [-0.39, 0.29) is 65.6 Å². The molecule has 8 aromatic rings. The molecule has 3 unspecified atom stereocenters. The number of amides is 2. The molecule has 2 heterocycles. The van der Waals surface area contributed by atoms with E-state index in [1.807, 2.05) is 42.0 Å². The van der Waals surface area contributed by atoms with Crippen LogP contribution in [0.25, 0.3) is 27.4 Å². The number of nitrogens with one attached hydrogen (secondary N) is 2. The Hall–Kier alpha value is -8.52. The average molecular weight is 1070 g/mol. The van der Waals surface area contributed by atoms with E-state index in [4.69, 9.17) is 9.47 Å². The molecule has 12 nitrogen and oxygen atoms in total. The first-order chi connectivity index (χ1) is 38.1. The van der Waals surface area contributed by atoms with Crippen molar-refractivity contribution in [2.75, 3.05) is 10.6 Å². The summed E-state index contributed by atoms with van der Waals surface area (Å²) in [5, 5.41) is 28.8. The zero-order valence-electron chi connectivity index (χ0n) is 45.3. The highest BCUT2D eigenvalue weighted by atomic mass is 19.1.